The van der Waals surface area contributed by atoms with Gasteiger partial charge in [-0.25, -0.2) is 0 Å². The van der Waals surface area contributed by atoms with E-state index in [1.54, 1.807) is 37.3 Å². The molecule has 5 nitrogen and oxygen atoms in total. The molecule has 0 bridgehead atoms. The summed E-state index contributed by atoms with van der Waals surface area (Å²) < 4.78 is 10.4. The van der Waals surface area contributed by atoms with Crippen molar-refractivity contribution in [3.63, 3.8) is 0 Å². The van der Waals surface area contributed by atoms with Crippen molar-refractivity contribution in [2.45, 2.75) is 19.4 Å². The normalized spacial score (nSPS) is 11.1. The summed E-state index contributed by atoms with van der Waals surface area (Å²) in [5, 5.41) is 0. The van der Waals surface area contributed by atoms with E-state index in [-0.39, 0.29) is 5.91 Å². The molecule has 0 aromatic heterocycles. The average Bonchev–Trinajstić information content (AvgIpc) is 2.44. The first-order chi connectivity index (χ1) is 8.87. The van der Waals surface area contributed by atoms with E-state index in [1.807, 2.05) is 13.8 Å². The number of ether oxygens (including phenoxy) is 2. The number of carbonyl (C=O) groups excluding carboxylic acids is 1. The predicted octanol–water partition coefficient (Wildman–Crippen LogP) is 1.51. The molecule has 0 unspecified atom stereocenters. The number of hydrogen-bond donors (Lipinski definition) is 1. The quantitative estimate of drug-likeness (QED) is 0.877. The van der Waals surface area contributed by atoms with E-state index in [0.29, 0.717) is 23.6 Å². The molecule has 1 rings (SSSR count). The number of hydrogen-bond acceptors (Lipinski definition) is 4. The second kappa shape index (κ2) is 5.93. The number of nitrogens with zero attached hydrogens (tertiary/aromatic N) is 1. The highest BCUT2D eigenvalue weighted by Crippen LogP contribution is 2.26. The summed E-state index contributed by atoms with van der Waals surface area (Å²) in [5.74, 6) is 0.986. The maximum absolute atomic E-state index is 12.5. The van der Waals surface area contributed by atoms with Gasteiger partial charge in [-0.2, -0.15) is 0 Å². The number of carbonyl (C=O) groups is 1. The molecule has 1 amide bonds. The van der Waals surface area contributed by atoms with Crippen molar-refractivity contribution < 1.29 is 14.3 Å². The van der Waals surface area contributed by atoms with Crippen LogP contribution in [0.4, 0.5) is 0 Å². The lowest BCUT2D eigenvalue weighted by molar-refractivity contribution is 0.0636. The summed E-state index contributed by atoms with van der Waals surface area (Å²) in [6.07, 6.45) is 0. The summed E-state index contributed by atoms with van der Waals surface area (Å²) in [5.41, 5.74) is 5.74. The van der Waals surface area contributed by atoms with Crippen LogP contribution in [0.15, 0.2) is 18.2 Å². The summed E-state index contributed by atoms with van der Waals surface area (Å²) >= 11 is 0. The van der Waals surface area contributed by atoms with E-state index in [0.717, 1.165) is 0 Å². The molecule has 0 radical (unpaired) electrons. The van der Waals surface area contributed by atoms with Gasteiger partial charge < -0.3 is 20.1 Å². The Morgan fingerprint density at radius 2 is 1.95 bits per heavy atom. The molecule has 0 fully saturated rings. The first kappa shape index (κ1) is 15.3. The van der Waals surface area contributed by atoms with Crippen LogP contribution in [-0.4, -0.2) is 44.2 Å². The zero-order chi connectivity index (χ0) is 14.6. The van der Waals surface area contributed by atoms with Crippen molar-refractivity contribution in [3.8, 4) is 11.5 Å². The van der Waals surface area contributed by atoms with E-state index in [1.165, 1.54) is 7.11 Å². The second-order valence-corrected chi connectivity index (χ2v) is 4.95. The Kier molecular flexibility index (Phi) is 4.78. The average molecular weight is 266 g/mol. The van der Waals surface area contributed by atoms with Crippen LogP contribution < -0.4 is 15.2 Å². The van der Waals surface area contributed by atoms with Gasteiger partial charge in [-0.1, -0.05) is 0 Å². The summed E-state index contributed by atoms with van der Waals surface area (Å²) in [6, 6.07) is 5.14. The number of likely N-dealkylation sites (N-methyl/N-ethyl adjacent to an activating group) is 1. The van der Waals surface area contributed by atoms with Gasteiger partial charge >= 0.3 is 0 Å². The van der Waals surface area contributed by atoms with Crippen LogP contribution in [0.5, 0.6) is 11.5 Å². The van der Waals surface area contributed by atoms with Crippen molar-refractivity contribution in [1.29, 1.82) is 0 Å². The van der Waals surface area contributed by atoms with Crippen LogP contribution in [0.3, 0.4) is 0 Å². The fourth-order valence-corrected chi connectivity index (χ4v) is 1.57. The Bertz CT molecular complexity index is 458. The first-order valence-electron chi connectivity index (χ1n) is 6.07. The third kappa shape index (κ3) is 3.17. The molecule has 0 aliphatic carbocycles. The van der Waals surface area contributed by atoms with Crippen molar-refractivity contribution in [1.82, 2.24) is 4.90 Å². The Morgan fingerprint density at radius 3 is 2.42 bits per heavy atom. The van der Waals surface area contributed by atoms with Crippen LogP contribution in [0.1, 0.15) is 24.2 Å². The van der Waals surface area contributed by atoms with E-state index in [9.17, 15) is 4.79 Å². The molecule has 1 aromatic carbocycles. The molecular weight excluding hydrogens is 244 g/mol. The standard InChI is InChI=1S/C14H22N2O3/c1-14(2,9-15)16(3)13(17)11-8-10(18-4)6-7-12(11)19-5/h6-8H,9,15H2,1-5H3. The van der Waals surface area contributed by atoms with Gasteiger partial charge in [0.2, 0.25) is 0 Å². The van der Waals surface area contributed by atoms with Gasteiger partial charge in [0, 0.05) is 19.1 Å². The third-order valence-electron chi connectivity index (χ3n) is 3.35. The van der Waals surface area contributed by atoms with E-state index in [2.05, 4.69) is 0 Å². The number of methoxy groups -OCH3 is 2. The highest BCUT2D eigenvalue weighted by molar-refractivity contribution is 5.97. The molecule has 0 saturated heterocycles. The van der Waals surface area contributed by atoms with Gasteiger partial charge in [-0.3, -0.25) is 4.79 Å². The highest BCUT2D eigenvalue weighted by atomic mass is 16.5. The first-order valence-corrected chi connectivity index (χ1v) is 6.07. The molecule has 1 aromatic rings. The Morgan fingerprint density at radius 1 is 1.32 bits per heavy atom. The highest BCUT2D eigenvalue weighted by Gasteiger charge is 2.28. The number of nitrogens with two attached hydrogens (primary N) is 1. The van der Waals surface area contributed by atoms with Crippen molar-refractivity contribution in [2.75, 3.05) is 27.8 Å². The predicted molar refractivity (Wildman–Crippen MR) is 74.8 cm³/mol. The topological polar surface area (TPSA) is 64.8 Å². The molecule has 19 heavy (non-hydrogen) atoms. The van der Waals surface area contributed by atoms with Gasteiger partial charge in [-0.05, 0) is 32.0 Å². The lowest BCUT2D eigenvalue weighted by Gasteiger charge is -2.34. The molecule has 2 N–H and O–H groups in total. The Labute approximate surface area is 114 Å². The smallest absolute Gasteiger partial charge is 0.257 e. The van der Waals surface area contributed by atoms with Gasteiger partial charge in [0.1, 0.15) is 11.5 Å². The maximum Gasteiger partial charge on any atom is 0.257 e. The molecule has 106 valence electrons. The summed E-state index contributed by atoms with van der Waals surface area (Å²) in [7, 11) is 4.82. The van der Waals surface area contributed by atoms with Crippen molar-refractivity contribution in [2.24, 2.45) is 5.73 Å². The van der Waals surface area contributed by atoms with Gasteiger partial charge in [0.25, 0.3) is 5.91 Å². The van der Waals surface area contributed by atoms with Crippen LogP contribution >= 0.6 is 0 Å². The molecular formula is C14H22N2O3. The van der Waals surface area contributed by atoms with Crippen LogP contribution in [0.25, 0.3) is 0 Å². The van der Waals surface area contributed by atoms with Crippen LogP contribution in [0.2, 0.25) is 0 Å². The monoisotopic (exact) mass is 266 g/mol. The molecule has 0 atom stereocenters. The Hall–Kier alpha value is -1.75. The van der Waals surface area contributed by atoms with E-state index < -0.39 is 5.54 Å². The van der Waals surface area contributed by atoms with Crippen molar-refractivity contribution in [3.05, 3.63) is 23.8 Å². The molecule has 0 heterocycles. The van der Waals surface area contributed by atoms with Gasteiger partial charge in [0.15, 0.2) is 0 Å². The van der Waals surface area contributed by atoms with Gasteiger partial charge in [0.05, 0.1) is 19.8 Å². The van der Waals surface area contributed by atoms with Gasteiger partial charge in [-0.15, -0.1) is 0 Å². The van der Waals surface area contributed by atoms with E-state index in [4.69, 9.17) is 15.2 Å². The summed E-state index contributed by atoms with van der Waals surface area (Å²) in [4.78, 5) is 14.1. The van der Waals surface area contributed by atoms with Crippen LogP contribution in [-0.2, 0) is 0 Å². The third-order valence-corrected chi connectivity index (χ3v) is 3.35. The second-order valence-electron chi connectivity index (χ2n) is 4.95. The molecule has 5 heteroatoms. The van der Waals surface area contributed by atoms with E-state index >= 15 is 0 Å². The SMILES string of the molecule is COc1ccc(OC)c(C(=O)N(C)C(C)(C)CN)c1. The minimum atomic E-state index is -0.425. The van der Waals surface area contributed by atoms with Crippen molar-refractivity contribution >= 4 is 5.91 Å². The number of amides is 1. The molecule has 0 aliphatic heterocycles. The largest absolute Gasteiger partial charge is 0.497 e. The van der Waals surface area contributed by atoms with Crippen LogP contribution in [0, 0.1) is 0 Å². The zero-order valence-electron chi connectivity index (χ0n) is 12.2. The lowest BCUT2D eigenvalue weighted by Crippen LogP contribution is -2.50. The zero-order valence-corrected chi connectivity index (χ0v) is 12.2. The number of benzene rings is 1. The summed E-state index contributed by atoms with van der Waals surface area (Å²) in [6.45, 7) is 4.20. The lowest BCUT2D eigenvalue weighted by atomic mass is 10.0. The molecule has 0 aliphatic rings. The minimum absolute atomic E-state index is 0.147. The molecule has 0 spiro atoms. The Balaban J connectivity index is 3.17. The fourth-order valence-electron chi connectivity index (χ4n) is 1.57. The molecule has 0 saturated carbocycles. The number of rotatable bonds is 5. The minimum Gasteiger partial charge on any atom is -0.497 e. The fraction of sp³-hybridized carbons (Fsp3) is 0.500. The maximum atomic E-state index is 12.5.